The van der Waals surface area contributed by atoms with Gasteiger partial charge in [0.25, 0.3) is 0 Å². The van der Waals surface area contributed by atoms with Crippen molar-refractivity contribution in [1.82, 2.24) is 10.2 Å². The van der Waals surface area contributed by atoms with E-state index < -0.39 is 0 Å². The number of thiophene rings is 4. The summed E-state index contributed by atoms with van der Waals surface area (Å²) in [7, 11) is 2.18. The zero-order chi connectivity index (χ0) is 51.5. The topological polar surface area (TPSA) is 15.3 Å². The third-order valence-electron chi connectivity index (χ3n) is 16.0. The highest BCUT2D eigenvalue weighted by Crippen LogP contribution is 2.51. The quantitative estimate of drug-likeness (QED) is 0.0527. The minimum absolute atomic E-state index is 0.111. The molecule has 3 unspecified atom stereocenters. The van der Waals surface area contributed by atoms with E-state index in [0.717, 1.165) is 41.8 Å². The van der Waals surface area contributed by atoms with Crippen molar-refractivity contribution < 1.29 is 0 Å². The Morgan fingerprint density at radius 3 is 2.06 bits per heavy atom. The monoisotopic (exact) mass is 1030 g/mol. The van der Waals surface area contributed by atoms with Crippen LogP contribution in [0.15, 0.2) is 115 Å². The summed E-state index contributed by atoms with van der Waals surface area (Å²) in [5.41, 5.74) is 12.6. The predicted octanol–water partition coefficient (Wildman–Crippen LogP) is 21.4. The lowest BCUT2D eigenvalue weighted by molar-refractivity contribution is 0.423. The molecule has 0 saturated heterocycles. The van der Waals surface area contributed by atoms with Crippen LogP contribution < -0.4 is 5.32 Å². The van der Waals surface area contributed by atoms with Crippen molar-refractivity contribution in [1.29, 1.82) is 0 Å². The van der Waals surface area contributed by atoms with Gasteiger partial charge in [0.1, 0.15) is 0 Å². The maximum Gasteiger partial charge on any atom is 0.0650 e. The second-order valence-corrected chi connectivity index (χ2v) is 25.4. The molecule has 0 bridgehead atoms. The molecule has 5 heterocycles. The van der Waals surface area contributed by atoms with E-state index in [1.54, 1.807) is 0 Å². The average Bonchev–Trinajstić information content (AvgIpc) is 4.23. The molecule has 72 heavy (non-hydrogen) atoms. The minimum atomic E-state index is -0.111. The summed E-state index contributed by atoms with van der Waals surface area (Å²) in [6.45, 7) is 34.7. The van der Waals surface area contributed by atoms with Gasteiger partial charge >= 0.3 is 0 Å². The van der Waals surface area contributed by atoms with E-state index in [0.29, 0.717) is 5.92 Å². The van der Waals surface area contributed by atoms with Crippen molar-refractivity contribution in [3.63, 3.8) is 0 Å². The number of fused-ring (bicyclic) bond motifs is 2. The van der Waals surface area contributed by atoms with Crippen LogP contribution in [0.25, 0.3) is 47.1 Å². The Hall–Kier alpha value is -4.20. The number of unbranched alkanes of at least 4 members (excludes halogenated alkanes) is 3. The SMILES string of the molecule is C=CNC1=C(/C=C(\C)c2cc(CC(CC)CCCC)cs2)N(C)C(=C)C(c2cc(CC(CC)CCCC)c(-c3cc4c(CCC(CC)CCCC)c5sc(C(C)(C)c6ccccc6)cc5c(C=C)c4s3)s2)=C1. The second kappa shape index (κ2) is 25.8. The molecule has 0 saturated carbocycles. The molecule has 384 valence electrons. The zero-order valence-electron chi connectivity index (χ0n) is 45.8. The van der Waals surface area contributed by atoms with Crippen molar-refractivity contribution in [3.8, 4) is 9.75 Å². The number of nitrogens with zero attached hydrogens (tertiary/aromatic N) is 1. The molecule has 3 atom stereocenters. The van der Waals surface area contributed by atoms with Gasteiger partial charge in [0.2, 0.25) is 0 Å². The molecular formula is C66H86N2S4. The Morgan fingerprint density at radius 1 is 0.750 bits per heavy atom. The van der Waals surface area contributed by atoms with Gasteiger partial charge in [-0.3, -0.25) is 0 Å². The Morgan fingerprint density at radius 2 is 1.42 bits per heavy atom. The van der Waals surface area contributed by atoms with Gasteiger partial charge in [-0.25, -0.2) is 0 Å². The smallest absolute Gasteiger partial charge is 0.0650 e. The van der Waals surface area contributed by atoms with Crippen molar-refractivity contribution in [2.75, 3.05) is 7.05 Å². The third kappa shape index (κ3) is 12.5. The Bertz CT molecular complexity index is 2880. The van der Waals surface area contributed by atoms with E-state index in [9.17, 15) is 0 Å². The molecule has 1 aliphatic heterocycles. The van der Waals surface area contributed by atoms with E-state index in [1.165, 1.54) is 173 Å². The molecule has 0 fully saturated rings. The van der Waals surface area contributed by atoms with Gasteiger partial charge in [-0.1, -0.05) is 189 Å². The maximum atomic E-state index is 4.82. The van der Waals surface area contributed by atoms with Gasteiger partial charge < -0.3 is 10.2 Å². The van der Waals surface area contributed by atoms with Crippen LogP contribution in [0.2, 0.25) is 0 Å². The molecule has 6 aromatic rings. The van der Waals surface area contributed by atoms with Crippen LogP contribution in [0, 0.1) is 17.8 Å². The fourth-order valence-corrected chi connectivity index (χ4v) is 15.9. The molecule has 1 aliphatic rings. The highest BCUT2D eigenvalue weighted by Gasteiger charge is 2.30. The predicted molar refractivity (Wildman–Crippen MR) is 328 cm³/mol. The van der Waals surface area contributed by atoms with Gasteiger partial charge in [0.05, 0.1) is 11.4 Å². The van der Waals surface area contributed by atoms with E-state index in [2.05, 4.69) is 171 Å². The number of nitrogens with one attached hydrogen (secondary N) is 1. The first-order chi connectivity index (χ1) is 34.8. The summed E-state index contributed by atoms with van der Waals surface area (Å²) in [4.78, 5) is 9.12. The number of rotatable bonds is 28. The van der Waals surface area contributed by atoms with Crippen molar-refractivity contribution in [3.05, 3.63) is 158 Å². The van der Waals surface area contributed by atoms with Crippen LogP contribution in [0.5, 0.6) is 0 Å². The summed E-state index contributed by atoms with van der Waals surface area (Å²) in [5.74, 6) is 2.13. The normalized spacial score (nSPS) is 14.9. The first kappa shape index (κ1) is 55.5. The van der Waals surface area contributed by atoms with Gasteiger partial charge in [0, 0.05) is 68.5 Å². The second-order valence-electron chi connectivity index (χ2n) is 21.3. The number of hydrogen-bond acceptors (Lipinski definition) is 6. The largest absolute Gasteiger partial charge is 0.361 e. The van der Waals surface area contributed by atoms with Gasteiger partial charge in [-0.15, -0.1) is 45.3 Å². The highest BCUT2D eigenvalue weighted by molar-refractivity contribution is 7.27. The number of hydrogen-bond donors (Lipinski definition) is 1. The first-order valence-electron chi connectivity index (χ1n) is 27.7. The fourth-order valence-electron chi connectivity index (χ4n) is 11.0. The summed E-state index contributed by atoms with van der Waals surface area (Å²) < 4.78 is 2.84. The molecule has 0 amide bonds. The summed E-state index contributed by atoms with van der Waals surface area (Å²) in [6, 6.07) is 21.2. The Labute approximate surface area is 452 Å². The molecule has 7 rings (SSSR count). The van der Waals surface area contributed by atoms with Gasteiger partial charge in [-0.05, 0) is 132 Å². The van der Waals surface area contributed by atoms with E-state index in [-0.39, 0.29) is 5.41 Å². The molecule has 6 heteroatoms. The lowest BCUT2D eigenvalue weighted by Gasteiger charge is -2.31. The molecule has 2 nitrogen and oxygen atoms in total. The highest BCUT2D eigenvalue weighted by atomic mass is 32.1. The lowest BCUT2D eigenvalue weighted by atomic mass is 9.83. The number of aryl methyl sites for hydroxylation is 1. The number of allylic oxidation sites excluding steroid dienone is 4. The van der Waals surface area contributed by atoms with E-state index in [1.807, 2.05) is 51.5 Å². The lowest BCUT2D eigenvalue weighted by Crippen LogP contribution is -2.25. The third-order valence-corrected chi connectivity index (χ3v) is 21.2. The maximum absolute atomic E-state index is 4.82. The molecule has 0 spiro atoms. The average molecular weight is 1040 g/mol. The Balaban J connectivity index is 1.35. The van der Waals surface area contributed by atoms with E-state index in [4.69, 9.17) is 6.58 Å². The molecule has 4 aromatic heterocycles. The summed E-state index contributed by atoms with van der Waals surface area (Å²) in [6.07, 6.45) is 28.4. The zero-order valence-corrected chi connectivity index (χ0v) is 49.1. The first-order valence-corrected chi connectivity index (χ1v) is 31.0. The molecule has 0 radical (unpaired) electrons. The summed E-state index contributed by atoms with van der Waals surface area (Å²) >= 11 is 7.86. The van der Waals surface area contributed by atoms with Crippen LogP contribution in [0.3, 0.4) is 0 Å². The minimum Gasteiger partial charge on any atom is -0.361 e. The van der Waals surface area contributed by atoms with E-state index >= 15 is 0 Å². The molecule has 1 N–H and O–H groups in total. The number of benzene rings is 2. The Kier molecular flexibility index (Phi) is 19.9. The molecule has 0 aliphatic carbocycles. The molecule has 2 aromatic carbocycles. The van der Waals surface area contributed by atoms with Crippen molar-refractivity contribution >= 4 is 82.7 Å². The van der Waals surface area contributed by atoms with Crippen LogP contribution in [0.4, 0.5) is 0 Å². The van der Waals surface area contributed by atoms with Gasteiger partial charge in [0.15, 0.2) is 0 Å². The standard InChI is InChI=1S/C66H86N2S4/c1-14-22-28-46(17-4)33-34-53-55-41-61(71-64(55)52(20-7)56-42-62(72-65(53)56)66(11,12)51-31-26-25-27-32-51)63-50(37-48(19-6)30-24-16-3)39-60(70-63)54-40-57(67-21-8)58(68(13)45(54)10)35-44(9)59-38-49(43-69-59)36-47(18-5)29-23-15-2/h20-21,25-27,31-32,35,38-43,46-48,67H,7-8,10,14-19,22-24,28-30,33-34,36-37H2,1-6,9,11-13H3/b44-35+. The van der Waals surface area contributed by atoms with Crippen LogP contribution >= 0.6 is 45.3 Å². The summed E-state index contributed by atoms with van der Waals surface area (Å²) in [5, 5.41) is 8.75. The van der Waals surface area contributed by atoms with Crippen LogP contribution in [-0.4, -0.2) is 11.9 Å². The van der Waals surface area contributed by atoms with Crippen molar-refractivity contribution in [2.24, 2.45) is 17.8 Å². The van der Waals surface area contributed by atoms with Gasteiger partial charge in [-0.2, -0.15) is 0 Å². The van der Waals surface area contributed by atoms with Crippen molar-refractivity contribution in [2.45, 2.75) is 170 Å². The van der Waals surface area contributed by atoms with Crippen LogP contribution in [-0.2, 0) is 24.7 Å². The van der Waals surface area contributed by atoms with Crippen LogP contribution in [0.1, 0.15) is 188 Å². The number of likely N-dealkylation sites (N-methyl/N-ethyl adjacent to an activating group) is 1. The molecular weight excluding hydrogens is 949 g/mol. The fraction of sp³-hybridized carbons (Fsp3) is 0.455.